The largest absolute Gasteiger partial charge is 0.493 e. The Labute approximate surface area is 115 Å². The topological polar surface area (TPSA) is 59.1 Å². The fourth-order valence-corrected chi connectivity index (χ4v) is 2.43. The smallest absolute Gasteiger partial charge is 0.419 e. The molecule has 0 aromatic heterocycles. The minimum atomic E-state index is -4.52. The molecule has 1 saturated carbocycles. The molecule has 0 aliphatic heterocycles. The summed E-state index contributed by atoms with van der Waals surface area (Å²) in [6, 6.07) is 3.49. The Morgan fingerprint density at radius 1 is 1.30 bits per heavy atom. The number of amidine groups is 1. The van der Waals surface area contributed by atoms with E-state index in [4.69, 9.17) is 15.9 Å². The first-order chi connectivity index (χ1) is 9.38. The summed E-state index contributed by atoms with van der Waals surface area (Å²) in [5.74, 6) is -0.240. The molecule has 110 valence electrons. The Bertz CT molecular complexity index is 494. The van der Waals surface area contributed by atoms with Crippen molar-refractivity contribution >= 4 is 5.84 Å². The normalized spacial score (nSPS) is 16.4. The Morgan fingerprint density at radius 3 is 2.50 bits per heavy atom. The van der Waals surface area contributed by atoms with Crippen LogP contribution in [0.4, 0.5) is 13.2 Å². The molecule has 3 nitrogen and oxygen atoms in total. The standard InChI is InChI=1S/C14H17F3N2O/c15-14(16,17)11-7-10(13(18)19)5-6-12(11)20-8-9-3-1-2-4-9/h5-7,9H,1-4,8H2,(H3,18,19). The third kappa shape index (κ3) is 3.43. The van der Waals surface area contributed by atoms with Crippen LogP contribution in [0.15, 0.2) is 18.2 Å². The molecule has 0 unspecified atom stereocenters. The molecule has 20 heavy (non-hydrogen) atoms. The molecule has 0 amide bonds. The number of nitrogens with one attached hydrogen (secondary N) is 1. The van der Waals surface area contributed by atoms with Crippen molar-refractivity contribution in [2.45, 2.75) is 31.9 Å². The van der Waals surface area contributed by atoms with Gasteiger partial charge in [0.1, 0.15) is 11.6 Å². The fraction of sp³-hybridized carbons (Fsp3) is 0.500. The molecule has 0 saturated heterocycles. The van der Waals surface area contributed by atoms with E-state index in [9.17, 15) is 13.2 Å². The van der Waals surface area contributed by atoms with Gasteiger partial charge in [0.25, 0.3) is 0 Å². The third-order valence-electron chi connectivity index (χ3n) is 3.55. The van der Waals surface area contributed by atoms with Gasteiger partial charge in [0.05, 0.1) is 12.2 Å². The molecule has 1 aliphatic rings. The van der Waals surface area contributed by atoms with E-state index in [1.807, 2.05) is 0 Å². The molecular weight excluding hydrogens is 269 g/mol. The minimum absolute atomic E-state index is 0.0468. The van der Waals surface area contributed by atoms with Crippen LogP contribution in [0.5, 0.6) is 5.75 Å². The molecule has 2 rings (SSSR count). The van der Waals surface area contributed by atoms with E-state index >= 15 is 0 Å². The van der Waals surface area contributed by atoms with E-state index < -0.39 is 17.6 Å². The van der Waals surface area contributed by atoms with Crippen molar-refractivity contribution in [2.75, 3.05) is 6.61 Å². The molecule has 1 fully saturated rings. The van der Waals surface area contributed by atoms with Gasteiger partial charge in [-0.1, -0.05) is 12.8 Å². The first-order valence-electron chi connectivity index (χ1n) is 6.56. The number of benzene rings is 1. The number of hydrogen-bond donors (Lipinski definition) is 2. The van der Waals surface area contributed by atoms with E-state index in [0.717, 1.165) is 31.7 Å². The zero-order valence-corrected chi connectivity index (χ0v) is 11.0. The van der Waals surface area contributed by atoms with Crippen LogP contribution >= 0.6 is 0 Å². The maximum atomic E-state index is 13.0. The van der Waals surface area contributed by atoms with Gasteiger partial charge >= 0.3 is 6.18 Å². The molecule has 0 atom stereocenters. The van der Waals surface area contributed by atoms with Gasteiger partial charge in [-0.3, -0.25) is 5.41 Å². The van der Waals surface area contributed by atoms with Crippen LogP contribution < -0.4 is 10.5 Å². The van der Waals surface area contributed by atoms with E-state index in [1.54, 1.807) is 0 Å². The van der Waals surface area contributed by atoms with E-state index in [1.165, 1.54) is 12.1 Å². The average molecular weight is 286 g/mol. The van der Waals surface area contributed by atoms with Gasteiger partial charge in [-0.25, -0.2) is 0 Å². The summed E-state index contributed by atoms with van der Waals surface area (Å²) in [5, 5.41) is 7.21. The lowest BCUT2D eigenvalue weighted by atomic mass is 10.1. The van der Waals surface area contributed by atoms with E-state index in [-0.39, 0.29) is 11.3 Å². The average Bonchev–Trinajstić information content (AvgIpc) is 2.88. The molecule has 0 radical (unpaired) electrons. The highest BCUT2D eigenvalue weighted by Crippen LogP contribution is 2.37. The van der Waals surface area contributed by atoms with Crippen molar-refractivity contribution in [2.24, 2.45) is 11.7 Å². The van der Waals surface area contributed by atoms with Crippen molar-refractivity contribution in [3.63, 3.8) is 0 Å². The molecule has 1 aliphatic carbocycles. The minimum Gasteiger partial charge on any atom is -0.493 e. The number of nitrogens with two attached hydrogens (primary N) is 1. The Morgan fingerprint density at radius 2 is 1.95 bits per heavy atom. The van der Waals surface area contributed by atoms with Gasteiger partial charge in [-0.15, -0.1) is 0 Å². The Kier molecular flexibility index (Phi) is 4.20. The van der Waals surface area contributed by atoms with Gasteiger partial charge in [0.2, 0.25) is 0 Å². The number of halogens is 3. The van der Waals surface area contributed by atoms with Gasteiger partial charge in [0.15, 0.2) is 0 Å². The van der Waals surface area contributed by atoms with Crippen LogP contribution in [-0.4, -0.2) is 12.4 Å². The van der Waals surface area contributed by atoms with Crippen LogP contribution in [0.3, 0.4) is 0 Å². The van der Waals surface area contributed by atoms with Crippen molar-refractivity contribution in [3.05, 3.63) is 29.3 Å². The second-order valence-corrected chi connectivity index (χ2v) is 5.08. The highest BCUT2D eigenvalue weighted by molar-refractivity contribution is 5.95. The summed E-state index contributed by atoms with van der Waals surface area (Å²) in [6.07, 6.45) is -0.275. The van der Waals surface area contributed by atoms with Gasteiger partial charge in [0, 0.05) is 5.56 Å². The monoisotopic (exact) mass is 286 g/mol. The number of hydrogen-bond acceptors (Lipinski definition) is 2. The zero-order chi connectivity index (χ0) is 14.8. The molecule has 6 heteroatoms. The predicted molar refractivity (Wildman–Crippen MR) is 69.9 cm³/mol. The number of rotatable bonds is 4. The lowest BCUT2D eigenvalue weighted by Gasteiger charge is -2.17. The summed E-state index contributed by atoms with van der Waals surface area (Å²) in [7, 11) is 0. The van der Waals surface area contributed by atoms with E-state index in [0.29, 0.717) is 12.5 Å². The maximum Gasteiger partial charge on any atom is 0.419 e. The van der Waals surface area contributed by atoms with Crippen molar-refractivity contribution in [3.8, 4) is 5.75 Å². The molecular formula is C14H17F3N2O. The highest BCUT2D eigenvalue weighted by Gasteiger charge is 2.35. The van der Waals surface area contributed by atoms with Gasteiger partial charge in [-0.05, 0) is 37.0 Å². The second kappa shape index (κ2) is 5.73. The summed E-state index contributed by atoms with van der Waals surface area (Å²) in [4.78, 5) is 0. The van der Waals surface area contributed by atoms with Gasteiger partial charge in [-0.2, -0.15) is 13.2 Å². The van der Waals surface area contributed by atoms with Crippen LogP contribution in [0.25, 0.3) is 0 Å². The van der Waals surface area contributed by atoms with Crippen LogP contribution in [0, 0.1) is 11.3 Å². The first kappa shape index (κ1) is 14.7. The summed E-state index contributed by atoms with van der Waals surface area (Å²) >= 11 is 0. The van der Waals surface area contributed by atoms with Gasteiger partial charge < -0.3 is 10.5 Å². The van der Waals surface area contributed by atoms with Crippen LogP contribution in [0.1, 0.15) is 36.8 Å². The fourth-order valence-electron chi connectivity index (χ4n) is 2.43. The molecule has 3 N–H and O–H groups in total. The van der Waals surface area contributed by atoms with Crippen molar-refractivity contribution < 1.29 is 17.9 Å². The van der Waals surface area contributed by atoms with E-state index in [2.05, 4.69) is 0 Å². The summed E-state index contributed by atoms with van der Waals surface area (Å²) in [5.41, 5.74) is 4.40. The highest BCUT2D eigenvalue weighted by atomic mass is 19.4. The Balaban J connectivity index is 2.19. The molecule has 1 aromatic rings. The Hall–Kier alpha value is -1.72. The first-order valence-corrected chi connectivity index (χ1v) is 6.56. The number of ether oxygens (including phenoxy) is 1. The second-order valence-electron chi connectivity index (χ2n) is 5.08. The quantitative estimate of drug-likeness (QED) is 0.656. The molecule has 1 aromatic carbocycles. The zero-order valence-electron chi connectivity index (χ0n) is 11.0. The lowest BCUT2D eigenvalue weighted by molar-refractivity contribution is -0.139. The molecule has 0 heterocycles. The van der Waals surface area contributed by atoms with Crippen molar-refractivity contribution in [1.29, 1.82) is 5.41 Å². The maximum absolute atomic E-state index is 13.0. The summed E-state index contributed by atoms with van der Waals surface area (Å²) in [6.45, 7) is 0.308. The predicted octanol–water partition coefficient (Wildman–Crippen LogP) is 3.56. The lowest BCUT2D eigenvalue weighted by Crippen LogP contribution is -2.16. The van der Waals surface area contributed by atoms with Crippen molar-refractivity contribution in [1.82, 2.24) is 0 Å². The molecule has 0 spiro atoms. The van der Waals surface area contributed by atoms with Crippen LogP contribution in [-0.2, 0) is 6.18 Å². The SMILES string of the molecule is N=C(N)c1ccc(OCC2CCCC2)c(C(F)(F)F)c1. The number of alkyl halides is 3. The van der Waals surface area contributed by atoms with Crippen LogP contribution in [0.2, 0.25) is 0 Å². The summed E-state index contributed by atoms with van der Waals surface area (Å²) < 4.78 is 44.4. The third-order valence-corrected chi connectivity index (χ3v) is 3.55. The molecule has 0 bridgehead atoms. The number of nitrogen functional groups attached to an aromatic ring is 1.